The second kappa shape index (κ2) is 63.0. The molecule has 0 radical (unpaired) electrons. The lowest BCUT2D eigenvalue weighted by atomic mass is 10.1. The zero-order chi connectivity index (χ0) is 55.7. The molecule has 0 bridgehead atoms. The largest absolute Gasteiger partial charge is 0.462 e. The van der Waals surface area contributed by atoms with E-state index in [-0.39, 0.29) is 44.0 Å². The number of hydrogen-bond donors (Lipinski definition) is 0. The normalized spacial score (nSPS) is 13.4. The molecule has 0 aromatic carbocycles. The molecule has 0 aliphatic rings. The van der Waals surface area contributed by atoms with Gasteiger partial charge in [-0.05, 0) is 148 Å². The maximum absolute atomic E-state index is 12.8. The summed E-state index contributed by atoms with van der Waals surface area (Å²) < 4.78 is 16.7. The molecule has 0 aliphatic heterocycles. The average molecular weight is 1060 g/mol. The molecular formula is C71H108O6. The highest BCUT2D eigenvalue weighted by atomic mass is 16.6. The molecule has 1 unspecified atom stereocenters. The first-order valence-electron chi connectivity index (χ1n) is 30.3. The minimum Gasteiger partial charge on any atom is -0.462 e. The maximum Gasteiger partial charge on any atom is 0.306 e. The second-order valence-corrected chi connectivity index (χ2v) is 19.1. The zero-order valence-electron chi connectivity index (χ0n) is 48.9. The monoisotopic (exact) mass is 1060 g/mol. The number of unbranched alkanes of at least 4 members (excludes halogenated alkanes) is 11. The minimum atomic E-state index is -0.839. The van der Waals surface area contributed by atoms with Crippen molar-refractivity contribution in [1.29, 1.82) is 0 Å². The van der Waals surface area contributed by atoms with E-state index < -0.39 is 6.10 Å². The van der Waals surface area contributed by atoms with Gasteiger partial charge in [0.2, 0.25) is 0 Å². The third-order valence-corrected chi connectivity index (χ3v) is 11.9. The number of allylic oxidation sites excluding steroid dienone is 30. The summed E-state index contributed by atoms with van der Waals surface area (Å²) in [6.45, 7) is 6.25. The van der Waals surface area contributed by atoms with Gasteiger partial charge in [-0.2, -0.15) is 0 Å². The Balaban J connectivity index is 4.46. The molecule has 0 aromatic rings. The van der Waals surface area contributed by atoms with Gasteiger partial charge < -0.3 is 14.2 Å². The summed E-state index contributed by atoms with van der Waals surface area (Å²) in [5, 5.41) is 0. The second-order valence-electron chi connectivity index (χ2n) is 19.1. The Hall–Kier alpha value is -5.49. The molecule has 0 N–H and O–H groups in total. The Morgan fingerprint density at radius 2 is 0.532 bits per heavy atom. The van der Waals surface area contributed by atoms with E-state index in [1.807, 2.05) is 12.2 Å². The Kier molecular flexibility index (Phi) is 58.6. The molecule has 6 heteroatoms. The zero-order valence-corrected chi connectivity index (χ0v) is 48.9. The van der Waals surface area contributed by atoms with Crippen LogP contribution in [0, 0.1) is 0 Å². The average Bonchev–Trinajstić information content (AvgIpc) is 3.43. The molecule has 1 atom stereocenters. The molecule has 0 saturated carbocycles. The van der Waals surface area contributed by atoms with Gasteiger partial charge in [0, 0.05) is 19.3 Å². The Labute approximate surface area is 472 Å². The lowest BCUT2D eigenvalue weighted by Crippen LogP contribution is -2.30. The van der Waals surface area contributed by atoms with Crippen molar-refractivity contribution < 1.29 is 28.6 Å². The molecule has 0 rings (SSSR count). The third-order valence-electron chi connectivity index (χ3n) is 11.9. The summed E-state index contributed by atoms with van der Waals surface area (Å²) in [7, 11) is 0. The van der Waals surface area contributed by atoms with Gasteiger partial charge in [-0.3, -0.25) is 14.4 Å². The van der Waals surface area contributed by atoms with E-state index in [1.54, 1.807) is 0 Å². The Bertz CT molecular complexity index is 1840. The fourth-order valence-corrected chi connectivity index (χ4v) is 7.42. The van der Waals surface area contributed by atoms with Crippen molar-refractivity contribution in [3.8, 4) is 0 Å². The van der Waals surface area contributed by atoms with Gasteiger partial charge in [0.25, 0.3) is 0 Å². The first-order valence-corrected chi connectivity index (χ1v) is 30.3. The van der Waals surface area contributed by atoms with Crippen LogP contribution in [0.25, 0.3) is 0 Å². The van der Waals surface area contributed by atoms with Gasteiger partial charge in [-0.15, -0.1) is 0 Å². The first kappa shape index (κ1) is 71.5. The van der Waals surface area contributed by atoms with Crippen LogP contribution in [0.5, 0.6) is 0 Å². The van der Waals surface area contributed by atoms with Crippen molar-refractivity contribution in [2.45, 2.75) is 232 Å². The molecule has 0 aromatic heterocycles. The summed E-state index contributed by atoms with van der Waals surface area (Å²) in [5.74, 6) is -1.07. The van der Waals surface area contributed by atoms with E-state index in [9.17, 15) is 14.4 Å². The van der Waals surface area contributed by atoms with Crippen LogP contribution in [0.15, 0.2) is 182 Å². The molecular weight excluding hydrogens is 949 g/mol. The van der Waals surface area contributed by atoms with E-state index in [1.165, 1.54) is 25.7 Å². The van der Waals surface area contributed by atoms with Gasteiger partial charge >= 0.3 is 17.9 Å². The van der Waals surface area contributed by atoms with Gasteiger partial charge in [-0.25, -0.2) is 0 Å². The summed E-state index contributed by atoms with van der Waals surface area (Å²) >= 11 is 0. The summed E-state index contributed by atoms with van der Waals surface area (Å²) in [5.41, 5.74) is 0. The quantitative estimate of drug-likeness (QED) is 0.0261. The molecule has 0 spiro atoms. The lowest BCUT2D eigenvalue weighted by Gasteiger charge is -2.18. The summed E-state index contributed by atoms with van der Waals surface area (Å²) in [4.78, 5) is 38.1. The van der Waals surface area contributed by atoms with E-state index in [2.05, 4.69) is 191 Å². The lowest BCUT2D eigenvalue weighted by molar-refractivity contribution is -0.166. The molecule has 0 saturated heterocycles. The van der Waals surface area contributed by atoms with Crippen molar-refractivity contribution in [1.82, 2.24) is 0 Å². The highest BCUT2D eigenvalue weighted by Gasteiger charge is 2.19. The fraction of sp³-hybridized carbons (Fsp3) is 0.535. The topological polar surface area (TPSA) is 78.9 Å². The van der Waals surface area contributed by atoms with Crippen LogP contribution in [0.3, 0.4) is 0 Å². The van der Waals surface area contributed by atoms with Crippen LogP contribution in [0.2, 0.25) is 0 Å². The molecule has 428 valence electrons. The molecule has 0 aliphatic carbocycles. The third kappa shape index (κ3) is 61.2. The van der Waals surface area contributed by atoms with Crippen molar-refractivity contribution in [2.75, 3.05) is 13.2 Å². The minimum absolute atomic E-state index is 0.133. The highest BCUT2D eigenvalue weighted by Crippen LogP contribution is 2.12. The van der Waals surface area contributed by atoms with Crippen molar-refractivity contribution in [3.05, 3.63) is 182 Å². The number of hydrogen-bond acceptors (Lipinski definition) is 6. The molecule has 6 nitrogen and oxygen atoms in total. The maximum atomic E-state index is 12.8. The van der Waals surface area contributed by atoms with Crippen molar-refractivity contribution >= 4 is 17.9 Å². The Morgan fingerprint density at radius 1 is 0.273 bits per heavy atom. The predicted octanol–water partition coefficient (Wildman–Crippen LogP) is 20.9. The van der Waals surface area contributed by atoms with Crippen molar-refractivity contribution in [2.24, 2.45) is 0 Å². The number of ether oxygens (including phenoxy) is 3. The van der Waals surface area contributed by atoms with Crippen LogP contribution >= 0.6 is 0 Å². The predicted molar refractivity (Wildman–Crippen MR) is 334 cm³/mol. The van der Waals surface area contributed by atoms with E-state index in [0.29, 0.717) is 12.8 Å². The van der Waals surface area contributed by atoms with Crippen LogP contribution in [-0.4, -0.2) is 37.2 Å². The van der Waals surface area contributed by atoms with Crippen molar-refractivity contribution in [3.63, 3.8) is 0 Å². The number of esters is 3. The highest BCUT2D eigenvalue weighted by molar-refractivity contribution is 5.71. The molecule has 0 heterocycles. The smallest absolute Gasteiger partial charge is 0.306 e. The molecule has 0 fully saturated rings. The van der Waals surface area contributed by atoms with Crippen LogP contribution in [-0.2, 0) is 28.6 Å². The van der Waals surface area contributed by atoms with Crippen LogP contribution in [0.4, 0.5) is 0 Å². The van der Waals surface area contributed by atoms with E-state index in [4.69, 9.17) is 14.2 Å². The summed E-state index contributed by atoms with van der Waals surface area (Å²) in [6.07, 6.45) is 94.8. The van der Waals surface area contributed by atoms with Gasteiger partial charge in [0.15, 0.2) is 6.10 Å². The molecule has 0 amide bonds. The number of carbonyl (C=O) groups excluding carboxylic acids is 3. The summed E-state index contributed by atoms with van der Waals surface area (Å²) in [6, 6.07) is 0. The van der Waals surface area contributed by atoms with E-state index >= 15 is 0 Å². The fourth-order valence-electron chi connectivity index (χ4n) is 7.42. The van der Waals surface area contributed by atoms with Gasteiger partial charge in [-0.1, -0.05) is 242 Å². The van der Waals surface area contributed by atoms with Crippen LogP contribution < -0.4 is 0 Å². The molecule has 77 heavy (non-hydrogen) atoms. The standard InChI is InChI=1S/C71H108O6/c1-4-7-10-13-16-19-22-25-27-28-29-30-31-32-33-34-35-36-37-38-39-40-41-42-44-46-49-52-55-58-61-64-70(73)76-67-68(66-75-69(72)63-60-57-54-51-48-45-24-21-18-15-12-9-6-3)77-71(74)65-62-59-56-53-50-47-43-26-23-20-17-14-11-8-5-2/h7,9-10,12,16-21,25-27,29-30,32-33,35-36,38-39,41-43,45-46,48-49,54,57,68H,4-6,8,11,13-15,22-24,28,31,34,37,40,44,47,50-53,55-56,58-67H2,1-3H3/b10-7-,12-9-,19-16-,20-17-,21-18-,27-25-,30-29-,33-32-,36-35-,39-38-,42-41-,43-26-,48-45-,49-46-,57-54-. The number of carbonyl (C=O) groups is 3. The SMILES string of the molecule is CC/C=C\C/C=C\C/C=C\C/C=C\C/C=C\C/C=C\C/C=C\C/C=C\C/C=C\CCCCCC(=O)OCC(COC(=O)CC/C=C\C/C=C\C/C=C\C/C=C\CC)OC(=O)CCCCCCC/C=C\C/C=C\CCCCC. The van der Waals surface area contributed by atoms with Gasteiger partial charge in [0.1, 0.15) is 13.2 Å². The van der Waals surface area contributed by atoms with E-state index in [0.717, 1.165) is 154 Å². The first-order chi connectivity index (χ1) is 38.0. The van der Waals surface area contributed by atoms with Crippen LogP contribution in [0.1, 0.15) is 226 Å². The number of rotatable bonds is 52. The Morgan fingerprint density at radius 3 is 0.883 bits per heavy atom. The van der Waals surface area contributed by atoms with Gasteiger partial charge in [0.05, 0.1) is 0 Å².